The number of pyridine rings is 1. The molecule has 0 radical (unpaired) electrons. The maximum atomic E-state index is 12.6. The van der Waals surface area contributed by atoms with Crippen LogP contribution in [-0.2, 0) is 6.18 Å². The van der Waals surface area contributed by atoms with Crippen LogP contribution in [0.5, 0.6) is 11.5 Å². The standard InChI is InChI=1S/C9H5F6NO4/c1-19-4-2-3(7(17)18)16-6(8(10,11)12)5(4)20-9(13,14)15/h2H,1H3,(H,17,18). The van der Waals surface area contributed by atoms with Gasteiger partial charge in [0, 0.05) is 6.07 Å². The predicted molar refractivity (Wildman–Crippen MR) is 49.4 cm³/mol. The number of rotatable bonds is 3. The lowest BCUT2D eigenvalue weighted by Gasteiger charge is -2.17. The van der Waals surface area contributed by atoms with Gasteiger partial charge < -0.3 is 14.6 Å². The van der Waals surface area contributed by atoms with Crippen LogP contribution in [0.4, 0.5) is 26.3 Å². The van der Waals surface area contributed by atoms with Crippen molar-refractivity contribution < 1.29 is 45.7 Å². The summed E-state index contributed by atoms with van der Waals surface area (Å²) in [5.41, 5.74) is -3.28. The van der Waals surface area contributed by atoms with Crippen molar-refractivity contribution in [3.8, 4) is 11.5 Å². The molecule has 0 saturated carbocycles. The van der Waals surface area contributed by atoms with E-state index in [1.54, 1.807) is 0 Å². The van der Waals surface area contributed by atoms with Crippen LogP contribution in [0.2, 0.25) is 0 Å². The molecule has 1 rings (SSSR count). The number of aromatic carboxylic acids is 1. The normalized spacial score (nSPS) is 12.2. The summed E-state index contributed by atoms with van der Waals surface area (Å²) in [6.07, 6.45) is -10.8. The first kappa shape index (κ1) is 15.9. The van der Waals surface area contributed by atoms with E-state index in [0.29, 0.717) is 6.07 Å². The van der Waals surface area contributed by atoms with Crippen LogP contribution in [0.15, 0.2) is 6.07 Å². The Morgan fingerprint density at radius 3 is 2.15 bits per heavy atom. The van der Waals surface area contributed by atoms with Crippen molar-refractivity contribution in [2.75, 3.05) is 7.11 Å². The van der Waals surface area contributed by atoms with E-state index in [2.05, 4.69) is 14.5 Å². The van der Waals surface area contributed by atoms with Crippen LogP contribution >= 0.6 is 0 Å². The largest absolute Gasteiger partial charge is 0.573 e. The minimum absolute atomic E-state index is 0.388. The zero-order valence-corrected chi connectivity index (χ0v) is 9.46. The molecule has 1 aromatic rings. The van der Waals surface area contributed by atoms with Crippen LogP contribution in [0, 0.1) is 0 Å². The van der Waals surface area contributed by atoms with E-state index in [4.69, 9.17) is 5.11 Å². The van der Waals surface area contributed by atoms with Crippen molar-refractivity contribution >= 4 is 5.97 Å². The van der Waals surface area contributed by atoms with E-state index in [-0.39, 0.29) is 0 Å². The molecule has 5 nitrogen and oxygen atoms in total. The Bertz CT molecular complexity index is 524. The summed E-state index contributed by atoms with van der Waals surface area (Å²) in [6.45, 7) is 0. The number of methoxy groups -OCH3 is 1. The second kappa shape index (κ2) is 5.06. The van der Waals surface area contributed by atoms with Gasteiger partial charge in [0.25, 0.3) is 0 Å². The molecule has 1 aromatic heterocycles. The SMILES string of the molecule is COc1cc(C(=O)O)nc(C(F)(F)F)c1OC(F)(F)F. The molecule has 0 fully saturated rings. The van der Waals surface area contributed by atoms with Gasteiger partial charge in [0.2, 0.25) is 5.75 Å². The van der Waals surface area contributed by atoms with Gasteiger partial charge in [-0.1, -0.05) is 0 Å². The maximum absolute atomic E-state index is 12.6. The fourth-order valence-corrected chi connectivity index (χ4v) is 1.18. The lowest BCUT2D eigenvalue weighted by atomic mass is 10.2. The first-order valence-corrected chi connectivity index (χ1v) is 4.61. The predicted octanol–water partition coefficient (Wildman–Crippen LogP) is 2.71. The Kier molecular flexibility index (Phi) is 4.01. The third kappa shape index (κ3) is 3.65. The molecule has 20 heavy (non-hydrogen) atoms. The second-order valence-corrected chi connectivity index (χ2v) is 3.24. The molecule has 0 aliphatic heterocycles. The molecule has 0 saturated heterocycles. The molecular weight excluding hydrogens is 300 g/mol. The molecule has 0 spiro atoms. The summed E-state index contributed by atoms with van der Waals surface area (Å²) in [5.74, 6) is -4.67. The Labute approximate surface area is 106 Å². The zero-order chi connectivity index (χ0) is 15.7. The monoisotopic (exact) mass is 305 g/mol. The van der Waals surface area contributed by atoms with Gasteiger partial charge in [-0.25, -0.2) is 9.78 Å². The number of hydrogen-bond donors (Lipinski definition) is 1. The average molecular weight is 305 g/mol. The Morgan fingerprint density at radius 1 is 1.25 bits per heavy atom. The summed E-state index contributed by atoms with van der Waals surface area (Å²) in [4.78, 5) is 13.2. The highest BCUT2D eigenvalue weighted by Crippen LogP contribution is 2.42. The summed E-state index contributed by atoms with van der Waals surface area (Å²) < 4.78 is 81.7. The number of alkyl halides is 6. The number of carboxylic acids is 1. The van der Waals surface area contributed by atoms with E-state index in [1.165, 1.54) is 0 Å². The van der Waals surface area contributed by atoms with Gasteiger partial charge in [-0.2, -0.15) is 13.2 Å². The summed E-state index contributed by atoms with van der Waals surface area (Å²) in [5, 5.41) is 8.57. The highest BCUT2D eigenvalue weighted by Gasteiger charge is 2.43. The minimum atomic E-state index is -5.43. The first-order chi connectivity index (χ1) is 8.95. The van der Waals surface area contributed by atoms with Gasteiger partial charge in [0.1, 0.15) is 0 Å². The second-order valence-electron chi connectivity index (χ2n) is 3.24. The maximum Gasteiger partial charge on any atom is 0.573 e. The third-order valence-corrected chi connectivity index (χ3v) is 1.86. The molecule has 0 atom stereocenters. The molecule has 0 amide bonds. The Balaban J connectivity index is 3.57. The number of nitrogens with zero attached hydrogens (tertiary/aromatic N) is 1. The average Bonchev–Trinajstić information content (AvgIpc) is 2.25. The lowest BCUT2D eigenvalue weighted by molar-refractivity contribution is -0.277. The van der Waals surface area contributed by atoms with Crippen molar-refractivity contribution in [3.63, 3.8) is 0 Å². The van der Waals surface area contributed by atoms with Gasteiger partial charge in [-0.15, -0.1) is 13.2 Å². The van der Waals surface area contributed by atoms with Crippen LogP contribution in [0.3, 0.4) is 0 Å². The fourth-order valence-electron chi connectivity index (χ4n) is 1.18. The fraction of sp³-hybridized carbons (Fsp3) is 0.333. The van der Waals surface area contributed by atoms with Crippen molar-refractivity contribution in [3.05, 3.63) is 17.5 Å². The Hall–Kier alpha value is -2.20. The number of hydrogen-bond acceptors (Lipinski definition) is 4. The molecule has 11 heteroatoms. The number of carbonyl (C=O) groups is 1. The highest BCUT2D eigenvalue weighted by molar-refractivity contribution is 5.86. The van der Waals surface area contributed by atoms with Gasteiger partial charge >= 0.3 is 18.5 Å². The van der Waals surface area contributed by atoms with E-state index in [0.717, 1.165) is 7.11 Å². The van der Waals surface area contributed by atoms with E-state index >= 15 is 0 Å². The van der Waals surface area contributed by atoms with Crippen LogP contribution in [0.25, 0.3) is 0 Å². The van der Waals surface area contributed by atoms with Crippen LogP contribution in [0.1, 0.15) is 16.2 Å². The molecule has 0 unspecified atom stereocenters. The molecule has 0 aliphatic carbocycles. The minimum Gasteiger partial charge on any atom is -0.493 e. The topological polar surface area (TPSA) is 68.7 Å². The molecule has 0 bridgehead atoms. The molecule has 0 aromatic carbocycles. The Morgan fingerprint density at radius 2 is 1.80 bits per heavy atom. The van der Waals surface area contributed by atoms with Crippen molar-refractivity contribution in [1.29, 1.82) is 0 Å². The number of ether oxygens (including phenoxy) is 2. The number of halogens is 6. The third-order valence-electron chi connectivity index (χ3n) is 1.86. The number of aromatic nitrogens is 1. The van der Waals surface area contributed by atoms with Crippen LogP contribution in [-0.4, -0.2) is 29.5 Å². The van der Waals surface area contributed by atoms with E-state index < -0.39 is 41.4 Å². The summed E-state index contributed by atoms with van der Waals surface area (Å²) in [6, 6.07) is 0.388. The van der Waals surface area contributed by atoms with E-state index in [1.807, 2.05) is 0 Å². The molecule has 112 valence electrons. The van der Waals surface area contributed by atoms with Gasteiger partial charge in [0.15, 0.2) is 17.1 Å². The number of carboxylic acid groups (broad SMARTS) is 1. The molecule has 1 N–H and O–H groups in total. The highest BCUT2D eigenvalue weighted by atomic mass is 19.4. The summed E-state index contributed by atoms with van der Waals surface area (Å²) >= 11 is 0. The molecule has 1 heterocycles. The van der Waals surface area contributed by atoms with Gasteiger partial charge in [0.05, 0.1) is 7.11 Å². The van der Waals surface area contributed by atoms with E-state index in [9.17, 15) is 31.1 Å². The molecule has 0 aliphatic rings. The van der Waals surface area contributed by atoms with Crippen LogP contribution < -0.4 is 9.47 Å². The van der Waals surface area contributed by atoms with Crippen molar-refractivity contribution in [2.24, 2.45) is 0 Å². The summed E-state index contributed by atoms with van der Waals surface area (Å²) in [7, 11) is 0.754. The molecular formula is C9H5F6NO4. The lowest BCUT2D eigenvalue weighted by Crippen LogP contribution is -2.22. The first-order valence-electron chi connectivity index (χ1n) is 4.61. The van der Waals surface area contributed by atoms with Crippen molar-refractivity contribution in [2.45, 2.75) is 12.5 Å². The van der Waals surface area contributed by atoms with Crippen molar-refractivity contribution in [1.82, 2.24) is 4.98 Å². The quantitative estimate of drug-likeness (QED) is 0.870. The van der Waals surface area contributed by atoms with Gasteiger partial charge in [-0.05, 0) is 0 Å². The zero-order valence-electron chi connectivity index (χ0n) is 9.46. The smallest absolute Gasteiger partial charge is 0.493 e. The van der Waals surface area contributed by atoms with Gasteiger partial charge in [-0.3, -0.25) is 0 Å².